The van der Waals surface area contributed by atoms with Crippen LogP contribution in [0.5, 0.6) is 0 Å². The second-order valence-electron chi connectivity index (χ2n) is 8.81. The van der Waals surface area contributed by atoms with E-state index in [-0.39, 0.29) is 11.7 Å². The summed E-state index contributed by atoms with van der Waals surface area (Å²) in [6, 6.07) is 19.4. The summed E-state index contributed by atoms with van der Waals surface area (Å²) in [5.74, 6) is -0.436. The van der Waals surface area contributed by atoms with E-state index < -0.39 is 11.7 Å². The second kappa shape index (κ2) is 11.2. The van der Waals surface area contributed by atoms with E-state index in [2.05, 4.69) is 10.3 Å². The Hall–Kier alpha value is -3.62. The molecule has 0 spiro atoms. The first-order chi connectivity index (χ1) is 17.6. The van der Waals surface area contributed by atoms with E-state index in [4.69, 9.17) is 11.6 Å². The number of pyridine rings is 1. The minimum absolute atomic E-state index is 0.202. The van der Waals surface area contributed by atoms with Gasteiger partial charge < -0.3 is 10.2 Å². The molecule has 0 fully saturated rings. The van der Waals surface area contributed by atoms with Crippen molar-refractivity contribution in [2.75, 3.05) is 27.2 Å². The van der Waals surface area contributed by atoms with Gasteiger partial charge in [0, 0.05) is 23.3 Å². The summed E-state index contributed by atoms with van der Waals surface area (Å²) in [5, 5.41) is 3.41. The molecule has 192 valence electrons. The number of rotatable bonds is 8. The molecule has 37 heavy (non-hydrogen) atoms. The van der Waals surface area contributed by atoms with Crippen LogP contribution < -0.4 is 5.32 Å². The monoisotopic (exact) mass is 526 g/mol. The molecular weight excluding hydrogens is 501 g/mol. The number of carbonyl (C=O) groups is 1. The van der Waals surface area contributed by atoms with Crippen molar-refractivity contribution in [1.29, 1.82) is 0 Å². The molecule has 2 aromatic carbocycles. The van der Waals surface area contributed by atoms with Gasteiger partial charge in [-0.05, 0) is 86.7 Å². The quantitative estimate of drug-likeness (QED) is 0.264. The number of hydrogen-bond acceptors (Lipinski definition) is 3. The van der Waals surface area contributed by atoms with Crippen molar-refractivity contribution in [2.24, 2.45) is 0 Å². The van der Waals surface area contributed by atoms with E-state index in [0.29, 0.717) is 39.6 Å². The van der Waals surface area contributed by atoms with Gasteiger partial charge in [-0.25, -0.2) is 4.98 Å². The standard InChI is InChI=1S/C28H26ClF3N4O/c1-35(2)18-4-17-34-27(37)21-8-6-19(7-9-21)24-14-15-25(20-10-12-22(29)13-11-20)36(24)26-23(28(30,31)32)5-3-16-33-26/h3,5-16H,4,17-18H2,1-2H3,(H,34,37). The lowest BCUT2D eigenvalue weighted by molar-refractivity contribution is -0.137. The van der Waals surface area contributed by atoms with Gasteiger partial charge >= 0.3 is 6.18 Å². The zero-order valence-corrected chi connectivity index (χ0v) is 21.1. The van der Waals surface area contributed by atoms with Crippen LogP contribution >= 0.6 is 11.6 Å². The number of aromatic nitrogens is 2. The third-order valence-electron chi connectivity index (χ3n) is 5.84. The first-order valence-electron chi connectivity index (χ1n) is 11.7. The SMILES string of the molecule is CN(C)CCCNC(=O)c1ccc(-c2ccc(-c3ccc(Cl)cc3)n2-c2ncccc2C(F)(F)F)cc1. The number of nitrogens with zero attached hydrogens (tertiary/aromatic N) is 3. The Bertz CT molecular complexity index is 1360. The molecule has 2 heterocycles. The average Bonchev–Trinajstić information content (AvgIpc) is 3.31. The lowest BCUT2D eigenvalue weighted by atomic mass is 10.1. The lowest BCUT2D eigenvalue weighted by Gasteiger charge is -2.18. The van der Waals surface area contributed by atoms with Crippen LogP contribution in [0.2, 0.25) is 5.02 Å². The highest BCUT2D eigenvalue weighted by Crippen LogP contribution is 2.38. The van der Waals surface area contributed by atoms with Crippen molar-refractivity contribution in [3.05, 3.63) is 95.1 Å². The fourth-order valence-electron chi connectivity index (χ4n) is 4.02. The van der Waals surface area contributed by atoms with E-state index in [0.717, 1.165) is 19.0 Å². The van der Waals surface area contributed by atoms with E-state index in [1.807, 2.05) is 19.0 Å². The topological polar surface area (TPSA) is 50.2 Å². The molecule has 1 N–H and O–H groups in total. The Kier molecular flexibility index (Phi) is 8.00. The van der Waals surface area contributed by atoms with Gasteiger partial charge in [-0.1, -0.05) is 35.9 Å². The Morgan fingerprint density at radius 3 is 2.11 bits per heavy atom. The molecule has 5 nitrogen and oxygen atoms in total. The Labute approximate surface area is 218 Å². The zero-order chi connectivity index (χ0) is 26.6. The molecular formula is C28H26ClF3N4O. The van der Waals surface area contributed by atoms with Crippen LogP contribution in [0.25, 0.3) is 28.3 Å². The predicted molar refractivity (Wildman–Crippen MR) is 140 cm³/mol. The van der Waals surface area contributed by atoms with Gasteiger partial charge in [0.1, 0.15) is 5.82 Å². The van der Waals surface area contributed by atoms with Crippen LogP contribution in [0.1, 0.15) is 22.3 Å². The van der Waals surface area contributed by atoms with Crippen LogP contribution in [-0.2, 0) is 6.18 Å². The third-order valence-corrected chi connectivity index (χ3v) is 6.09. The van der Waals surface area contributed by atoms with E-state index in [9.17, 15) is 18.0 Å². The first kappa shape index (κ1) is 26.4. The Morgan fingerprint density at radius 2 is 1.54 bits per heavy atom. The van der Waals surface area contributed by atoms with Crippen molar-refractivity contribution < 1.29 is 18.0 Å². The summed E-state index contributed by atoms with van der Waals surface area (Å²) in [7, 11) is 3.94. The minimum Gasteiger partial charge on any atom is -0.352 e. The van der Waals surface area contributed by atoms with Crippen LogP contribution in [0, 0.1) is 0 Å². The van der Waals surface area contributed by atoms with Crippen LogP contribution in [0.15, 0.2) is 79.0 Å². The highest BCUT2D eigenvalue weighted by Gasteiger charge is 2.35. The van der Waals surface area contributed by atoms with E-state index >= 15 is 0 Å². The van der Waals surface area contributed by atoms with Gasteiger partial charge in [0.05, 0.1) is 17.0 Å². The van der Waals surface area contributed by atoms with Gasteiger partial charge in [-0.15, -0.1) is 0 Å². The van der Waals surface area contributed by atoms with E-state index in [1.54, 1.807) is 60.7 Å². The van der Waals surface area contributed by atoms with Gasteiger partial charge in [-0.2, -0.15) is 13.2 Å². The molecule has 4 rings (SSSR count). The maximum atomic E-state index is 14.0. The number of benzene rings is 2. The largest absolute Gasteiger partial charge is 0.419 e. The molecule has 0 bridgehead atoms. The molecule has 0 radical (unpaired) electrons. The molecule has 0 unspecified atom stereocenters. The molecule has 4 aromatic rings. The number of amides is 1. The molecule has 0 aliphatic carbocycles. The van der Waals surface area contributed by atoms with Gasteiger partial charge in [0.15, 0.2) is 0 Å². The van der Waals surface area contributed by atoms with E-state index in [1.165, 1.54) is 16.8 Å². The van der Waals surface area contributed by atoms with Gasteiger partial charge in [-0.3, -0.25) is 9.36 Å². The average molecular weight is 527 g/mol. The zero-order valence-electron chi connectivity index (χ0n) is 20.4. The number of halogens is 4. The number of alkyl halides is 3. The van der Waals surface area contributed by atoms with Crippen molar-refractivity contribution in [3.63, 3.8) is 0 Å². The lowest BCUT2D eigenvalue weighted by Crippen LogP contribution is -2.27. The summed E-state index contributed by atoms with van der Waals surface area (Å²) in [4.78, 5) is 18.7. The molecule has 0 aliphatic rings. The molecule has 0 saturated carbocycles. The van der Waals surface area contributed by atoms with Crippen molar-refractivity contribution in [2.45, 2.75) is 12.6 Å². The predicted octanol–water partition coefficient (Wildman–Crippen LogP) is 6.56. The summed E-state index contributed by atoms with van der Waals surface area (Å²) in [6.07, 6.45) is -2.44. The molecule has 9 heteroatoms. The Balaban J connectivity index is 1.73. The van der Waals surface area contributed by atoms with Crippen LogP contribution in [0.3, 0.4) is 0 Å². The molecule has 0 aliphatic heterocycles. The number of nitrogens with one attached hydrogen (secondary N) is 1. The summed E-state index contributed by atoms with van der Waals surface area (Å²) in [6.45, 7) is 1.41. The third kappa shape index (κ3) is 6.21. The van der Waals surface area contributed by atoms with Crippen molar-refractivity contribution in [3.8, 4) is 28.3 Å². The van der Waals surface area contributed by atoms with Crippen molar-refractivity contribution in [1.82, 2.24) is 19.8 Å². The van der Waals surface area contributed by atoms with Gasteiger partial charge in [0.25, 0.3) is 5.91 Å². The van der Waals surface area contributed by atoms with Crippen LogP contribution in [0.4, 0.5) is 13.2 Å². The maximum absolute atomic E-state index is 14.0. The summed E-state index contributed by atoms with van der Waals surface area (Å²) in [5.41, 5.74) is 1.98. The molecule has 0 saturated heterocycles. The summed E-state index contributed by atoms with van der Waals surface area (Å²) < 4.78 is 43.4. The van der Waals surface area contributed by atoms with Gasteiger partial charge in [0.2, 0.25) is 0 Å². The Morgan fingerprint density at radius 1 is 0.946 bits per heavy atom. The highest BCUT2D eigenvalue weighted by molar-refractivity contribution is 6.30. The number of hydrogen-bond donors (Lipinski definition) is 1. The minimum atomic E-state index is -4.60. The highest BCUT2D eigenvalue weighted by atomic mass is 35.5. The fraction of sp³-hybridized carbons (Fsp3) is 0.214. The second-order valence-corrected chi connectivity index (χ2v) is 9.24. The maximum Gasteiger partial charge on any atom is 0.419 e. The molecule has 1 amide bonds. The fourth-order valence-corrected chi connectivity index (χ4v) is 4.15. The molecule has 2 aromatic heterocycles. The number of carbonyl (C=O) groups excluding carboxylic acids is 1. The van der Waals surface area contributed by atoms with Crippen molar-refractivity contribution >= 4 is 17.5 Å². The first-order valence-corrected chi connectivity index (χ1v) is 12.1. The molecule has 0 atom stereocenters. The summed E-state index contributed by atoms with van der Waals surface area (Å²) >= 11 is 6.03. The van der Waals surface area contributed by atoms with Crippen LogP contribution in [-0.4, -0.2) is 47.5 Å². The normalized spacial score (nSPS) is 11.6. The smallest absolute Gasteiger partial charge is 0.352 e.